The van der Waals surface area contributed by atoms with Gasteiger partial charge in [0.25, 0.3) is 5.91 Å². The predicted molar refractivity (Wildman–Crippen MR) is 69.8 cm³/mol. The van der Waals surface area contributed by atoms with Crippen LogP contribution in [-0.4, -0.2) is 39.5 Å². The molecular weight excluding hydrogens is 244 g/mol. The number of carbonyl (C=O) groups is 2. The van der Waals surface area contributed by atoms with E-state index in [4.69, 9.17) is 0 Å². The molecule has 1 aliphatic heterocycles. The van der Waals surface area contributed by atoms with Crippen molar-refractivity contribution in [2.24, 2.45) is 5.92 Å². The number of carboxylic acid groups (broad SMARTS) is 1. The number of likely N-dealkylation sites (tertiary alicyclic amines) is 1. The molecule has 1 aromatic rings. The zero-order valence-corrected chi connectivity index (χ0v) is 11.2. The van der Waals surface area contributed by atoms with Crippen molar-refractivity contribution in [2.45, 2.75) is 32.7 Å². The standard InChI is InChI=1S/C14H18N2O3/c1-9-5-6-15-8-12(9)13(17)16-7-3-4-11(10(16)2)14(18)19/h5-6,8,10-11H,3-4,7H2,1-2H3,(H,18,19)/t10-,11-/m1/s1. The van der Waals surface area contributed by atoms with Gasteiger partial charge in [-0.3, -0.25) is 14.6 Å². The number of pyridine rings is 1. The normalized spacial score (nSPS) is 23.2. The Kier molecular flexibility index (Phi) is 3.83. The van der Waals surface area contributed by atoms with Crippen molar-refractivity contribution in [3.63, 3.8) is 0 Å². The Morgan fingerprint density at radius 2 is 2.21 bits per heavy atom. The minimum atomic E-state index is -0.826. The summed E-state index contributed by atoms with van der Waals surface area (Å²) in [5.74, 6) is -1.42. The Hall–Kier alpha value is -1.91. The fraction of sp³-hybridized carbons (Fsp3) is 0.500. The molecular formula is C14H18N2O3. The molecule has 0 spiro atoms. The van der Waals surface area contributed by atoms with E-state index in [0.717, 1.165) is 12.0 Å². The Bertz CT molecular complexity index is 501. The van der Waals surface area contributed by atoms with E-state index >= 15 is 0 Å². The number of aryl methyl sites for hydroxylation is 1. The number of hydrogen-bond donors (Lipinski definition) is 1. The van der Waals surface area contributed by atoms with Gasteiger partial charge in [0.15, 0.2) is 0 Å². The van der Waals surface area contributed by atoms with E-state index in [9.17, 15) is 14.7 Å². The lowest BCUT2D eigenvalue weighted by atomic mass is 9.89. The van der Waals surface area contributed by atoms with Gasteiger partial charge in [0.1, 0.15) is 0 Å². The van der Waals surface area contributed by atoms with Crippen LogP contribution in [0.25, 0.3) is 0 Å². The molecule has 19 heavy (non-hydrogen) atoms. The quantitative estimate of drug-likeness (QED) is 0.881. The van der Waals surface area contributed by atoms with Crippen molar-refractivity contribution in [1.82, 2.24) is 9.88 Å². The highest BCUT2D eigenvalue weighted by Gasteiger charge is 2.35. The monoisotopic (exact) mass is 262 g/mol. The van der Waals surface area contributed by atoms with Gasteiger partial charge in [-0.25, -0.2) is 0 Å². The molecule has 1 aromatic heterocycles. The third kappa shape index (κ3) is 2.59. The molecule has 0 radical (unpaired) electrons. The third-order valence-electron chi connectivity index (χ3n) is 3.84. The topological polar surface area (TPSA) is 70.5 Å². The smallest absolute Gasteiger partial charge is 0.308 e. The average Bonchev–Trinajstić information content (AvgIpc) is 2.38. The molecule has 102 valence electrons. The number of nitrogens with zero attached hydrogens (tertiary/aromatic N) is 2. The summed E-state index contributed by atoms with van der Waals surface area (Å²) in [5.41, 5.74) is 1.42. The average molecular weight is 262 g/mol. The first-order valence-corrected chi connectivity index (χ1v) is 6.46. The van der Waals surface area contributed by atoms with Gasteiger partial charge in [-0.05, 0) is 38.3 Å². The van der Waals surface area contributed by atoms with Crippen LogP contribution in [-0.2, 0) is 4.79 Å². The Balaban J connectivity index is 2.24. The first-order chi connectivity index (χ1) is 9.02. The van der Waals surface area contributed by atoms with E-state index in [-0.39, 0.29) is 11.9 Å². The van der Waals surface area contributed by atoms with Crippen molar-refractivity contribution < 1.29 is 14.7 Å². The predicted octanol–water partition coefficient (Wildman–Crippen LogP) is 1.72. The van der Waals surface area contributed by atoms with E-state index in [2.05, 4.69) is 4.98 Å². The molecule has 2 rings (SSSR count). The van der Waals surface area contributed by atoms with Crippen LogP contribution in [0.5, 0.6) is 0 Å². The van der Waals surface area contributed by atoms with Crippen molar-refractivity contribution in [3.8, 4) is 0 Å². The fourth-order valence-corrected chi connectivity index (χ4v) is 2.60. The van der Waals surface area contributed by atoms with Gasteiger partial charge >= 0.3 is 5.97 Å². The summed E-state index contributed by atoms with van der Waals surface area (Å²) in [6, 6.07) is 1.51. The summed E-state index contributed by atoms with van der Waals surface area (Å²) in [6.45, 7) is 4.28. The van der Waals surface area contributed by atoms with Crippen LogP contribution in [0, 0.1) is 12.8 Å². The molecule has 0 aromatic carbocycles. The van der Waals surface area contributed by atoms with Crippen LogP contribution in [0.3, 0.4) is 0 Å². The van der Waals surface area contributed by atoms with Crippen molar-refractivity contribution in [2.75, 3.05) is 6.54 Å². The largest absolute Gasteiger partial charge is 0.481 e. The summed E-state index contributed by atoms with van der Waals surface area (Å²) in [5, 5.41) is 9.18. The fourth-order valence-electron chi connectivity index (χ4n) is 2.60. The van der Waals surface area contributed by atoms with Gasteiger partial charge in [-0.2, -0.15) is 0 Å². The zero-order valence-electron chi connectivity index (χ0n) is 11.2. The lowest BCUT2D eigenvalue weighted by molar-refractivity contribution is -0.144. The van der Waals surface area contributed by atoms with Crippen LogP contribution in [0.2, 0.25) is 0 Å². The molecule has 5 heteroatoms. The number of carboxylic acids is 1. The number of rotatable bonds is 2. The number of carbonyl (C=O) groups excluding carboxylic acids is 1. The zero-order chi connectivity index (χ0) is 14.0. The highest BCUT2D eigenvalue weighted by Crippen LogP contribution is 2.25. The van der Waals surface area contributed by atoms with E-state index in [1.54, 1.807) is 23.4 Å². The molecule has 1 aliphatic rings. The lowest BCUT2D eigenvalue weighted by Gasteiger charge is -2.37. The van der Waals surface area contributed by atoms with Crippen molar-refractivity contribution in [3.05, 3.63) is 29.6 Å². The second-order valence-corrected chi connectivity index (χ2v) is 5.02. The lowest BCUT2D eigenvalue weighted by Crippen LogP contribution is -2.49. The SMILES string of the molecule is Cc1ccncc1C(=O)N1CCC[C@@H](C(=O)O)[C@H]1C. The molecule has 1 saturated heterocycles. The second kappa shape index (κ2) is 5.38. The minimum absolute atomic E-state index is 0.121. The number of amides is 1. The molecule has 2 atom stereocenters. The third-order valence-corrected chi connectivity index (χ3v) is 3.84. The maximum Gasteiger partial charge on any atom is 0.308 e. The maximum absolute atomic E-state index is 12.5. The molecule has 1 amide bonds. The molecule has 2 heterocycles. The van der Waals surface area contributed by atoms with E-state index in [1.165, 1.54) is 0 Å². The van der Waals surface area contributed by atoms with Crippen LogP contribution in [0.1, 0.15) is 35.7 Å². The first kappa shape index (κ1) is 13.5. The van der Waals surface area contributed by atoms with E-state index < -0.39 is 11.9 Å². The molecule has 0 unspecified atom stereocenters. The summed E-state index contributed by atoms with van der Waals surface area (Å²) < 4.78 is 0. The summed E-state index contributed by atoms with van der Waals surface area (Å²) in [7, 11) is 0. The van der Waals surface area contributed by atoms with Crippen molar-refractivity contribution in [1.29, 1.82) is 0 Å². The minimum Gasteiger partial charge on any atom is -0.481 e. The molecule has 5 nitrogen and oxygen atoms in total. The van der Waals surface area contributed by atoms with Gasteiger partial charge in [0.2, 0.25) is 0 Å². The Labute approximate surface area is 112 Å². The molecule has 0 bridgehead atoms. The van der Waals surface area contributed by atoms with Crippen LogP contribution < -0.4 is 0 Å². The van der Waals surface area contributed by atoms with Gasteiger partial charge in [0.05, 0.1) is 11.5 Å². The van der Waals surface area contributed by atoms with Crippen molar-refractivity contribution >= 4 is 11.9 Å². The summed E-state index contributed by atoms with van der Waals surface area (Å²) >= 11 is 0. The van der Waals surface area contributed by atoms with Crippen LogP contribution in [0.15, 0.2) is 18.5 Å². The highest BCUT2D eigenvalue weighted by molar-refractivity contribution is 5.95. The highest BCUT2D eigenvalue weighted by atomic mass is 16.4. The number of aromatic nitrogens is 1. The molecule has 1 fully saturated rings. The summed E-state index contributed by atoms with van der Waals surface area (Å²) in [6.07, 6.45) is 4.55. The van der Waals surface area contributed by atoms with Crippen LogP contribution >= 0.6 is 0 Å². The molecule has 1 N–H and O–H groups in total. The Morgan fingerprint density at radius 3 is 2.84 bits per heavy atom. The van der Waals surface area contributed by atoms with Gasteiger partial charge in [-0.1, -0.05) is 0 Å². The van der Waals surface area contributed by atoms with Gasteiger partial charge in [0, 0.05) is 25.0 Å². The van der Waals surface area contributed by atoms with Crippen LogP contribution in [0.4, 0.5) is 0 Å². The second-order valence-electron chi connectivity index (χ2n) is 5.02. The number of piperidine rings is 1. The number of aliphatic carboxylic acids is 1. The Morgan fingerprint density at radius 1 is 1.47 bits per heavy atom. The van der Waals surface area contributed by atoms with Gasteiger partial charge < -0.3 is 10.0 Å². The summed E-state index contributed by atoms with van der Waals surface area (Å²) in [4.78, 5) is 29.3. The van der Waals surface area contributed by atoms with E-state index in [1.807, 2.05) is 13.8 Å². The van der Waals surface area contributed by atoms with E-state index in [0.29, 0.717) is 18.5 Å². The first-order valence-electron chi connectivity index (χ1n) is 6.46. The number of hydrogen-bond acceptors (Lipinski definition) is 3. The molecule has 0 saturated carbocycles. The molecule has 0 aliphatic carbocycles. The maximum atomic E-state index is 12.5. The van der Waals surface area contributed by atoms with Gasteiger partial charge in [-0.15, -0.1) is 0 Å².